The summed E-state index contributed by atoms with van der Waals surface area (Å²) in [6, 6.07) is 16.2. The van der Waals surface area contributed by atoms with Crippen LogP contribution in [0.1, 0.15) is 0 Å². The first kappa shape index (κ1) is 24.3. The molecule has 12 heteroatoms. The van der Waals surface area contributed by atoms with E-state index in [-0.39, 0.29) is 46.0 Å². The van der Waals surface area contributed by atoms with Crippen molar-refractivity contribution in [1.82, 2.24) is 0 Å². The Morgan fingerprint density at radius 3 is 2.12 bits per heavy atom. The molecule has 4 aromatic carbocycles. The van der Waals surface area contributed by atoms with Crippen LogP contribution in [0.2, 0.25) is 0 Å². The van der Waals surface area contributed by atoms with Crippen molar-refractivity contribution in [3.8, 4) is 5.75 Å². The summed E-state index contributed by atoms with van der Waals surface area (Å²) in [5.41, 5.74) is 0.0643. The van der Waals surface area contributed by atoms with Crippen molar-refractivity contribution in [2.45, 2.75) is 9.79 Å². The van der Waals surface area contributed by atoms with Crippen molar-refractivity contribution in [1.29, 1.82) is 0 Å². The summed E-state index contributed by atoms with van der Waals surface area (Å²) in [5, 5.41) is 19.5. The minimum absolute atomic E-state index is 0. The van der Waals surface area contributed by atoms with Crippen LogP contribution in [0.25, 0.3) is 21.5 Å². The summed E-state index contributed by atoms with van der Waals surface area (Å²) in [5.74, 6) is -0.487. The fourth-order valence-corrected chi connectivity index (χ4v) is 4.56. The molecule has 0 radical (unpaired) electrons. The van der Waals surface area contributed by atoms with Crippen LogP contribution in [-0.4, -0.2) is 31.0 Å². The average molecular weight is 479 g/mol. The van der Waals surface area contributed by atoms with Crippen molar-refractivity contribution in [3.05, 3.63) is 66.7 Å². The fraction of sp³-hybridized carbons (Fsp3) is 0. The van der Waals surface area contributed by atoms with Crippen LogP contribution in [0.5, 0.6) is 5.75 Å². The van der Waals surface area contributed by atoms with Gasteiger partial charge in [-0.2, -0.15) is 0 Å². The number of benzene rings is 4. The molecule has 9 nitrogen and oxygen atoms in total. The summed E-state index contributed by atoms with van der Waals surface area (Å²) in [6.07, 6.45) is 0. The van der Waals surface area contributed by atoms with E-state index in [4.69, 9.17) is 0 Å². The van der Waals surface area contributed by atoms with Gasteiger partial charge in [0.25, 0.3) is 0 Å². The summed E-state index contributed by atoms with van der Waals surface area (Å²) >= 11 is 0. The van der Waals surface area contributed by atoms with E-state index in [0.29, 0.717) is 11.8 Å². The molecule has 0 aliphatic carbocycles. The minimum Gasteiger partial charge on any atom is -0.744 e. The molecule has 0 unspecified atom stereocenters. The first-order valence-corrected chi connectivity index (χ1v) is 11.5. The average Bonchev–Trinajstić information content (AvgIpc) is 2.71. The van der Waals surface area contributed by atoms with Gasteiger partial charge in [0.2, 0.25) is 0 Å². The van der Waals surface area contributed by atoms with Gasteiger partial charge in [0, 0.05) is 10.8 Å². The Balaban J connectivity index is 0.00000289. The van der Waals surface area contributed by atoms with Crippen molar-refractivity contribution < 1.29 is 60.6 Å². The van der Waals surface area contributed by atoms with E-state index < -0.39 is 35.8 Å². The number of nitrogens with zero attached hydrogens (tertiary/aromatic N) is 2. The zero-order valence-corrected chi connectivity index (χ0v) is 20.1. The van der Waals surface area contributed by atoms with Crippen LogP contribution in [0.4, 0.5) is 11.4 Å². The second-order valence-electron chi connectivity index (χ2n) is 6.56. The number of fused-ring (bicyclic) bond motifs is 2. The predicted molar refractivity (Wildman–Crippen MR) is 110 cm³/mol. The van der Waals surface area contributed by atoms with Gasteiger partial charge in [0.05, 0.1) is 15.5 Å². The Labute approximate surface area is 205 Å². The Hall–Kier alpha value is -2.38. The van der Waals surface area contributed by atoms with E-state index in [1.807, 2.05) is 18.2 Å². The van der Waals surface area contributed by atoms with Crippen LogP contribution in [0.3, 0.4) is 0 Å². The molecule has 0 aromatic heterocycles. The zero-order valence-electron chi connectivity index (χ0n) is 16.5. The van der Waals surface area contributed by atoms with Gasteiger partial charge in [-0.1, -0.05) is 42.5 Å². The Kier molecular flexibility index (Phi) is 6.72. The Morgan fingerprint density at radius 1 is 0.750 bits per heavy atom. The predicted octanol–water partition coefficient (Wildman–Crippen LogP) is 0.926. The summed E-state index contributed by atoms with van der Waals surface area (Å²) in [6.45, 7) is 0. The molecule has 0 saturated carbocycles. The maximum Gasteiger partial charge on any atom is 1.00 e. The molecule has 0 heterocycles. The van der Waals surface area contributed by atoms with E-state index in [2.05, 4.69) is 10.2 Å². The van der Waals surface area contributed by atoms with Gasteiger partial charge in [-0.25, -0.2) is 16.8 Å². The molecule has 0 spiro atoms. The van der Waals surface area contributed by atoms with Crippen molar-refractivity contribution in [2.24, 2.45) is 10.2 Å². The molecule has 4 rings (SSSR count). The molecule has 0 atom stereocenters. The fourth-order valence-electron chi connectivity index (χ4n) is 3.21. The second-order valence-corrected chi connectivity index (χ2v) is 9.29. The van der Waals surface area contributed by atoms with Crippen LogP contribution < -0.4 is 29.6 Å². The van der Waals surface area contributed by atoms with Gasteiger partial charge < -0.3 is 14.2 Å². The van der Waals surface area contributed by atoms with Crippen LogP contribution >= 0.6 is 0 Å². The van der Waals surface area contributed by atoms with Crippen molar-refractivity contribution in [2.75, 3.05) is 0 Å². The largest absolute Gasteiger partial charge is 1.00 e. The van der Waals surface area contributed by atoms with E-state index in [1.165, 1.54) is 6.07 Å². The van der Waals surface area contributed by atoms with E-state index >= 15 is 0 Å². The standard InChI is InChI=1S/C20H14N2O7S2.Na/c23-17-9-8-13-10-14(30(24,25)26)11-18(31(27,28)29)19(13)20(17)22-21-16-7-3-5-12-4-1-2-6-15(12)16;/h1-11,23H,(H,24,25,26)(H,27,28,29);/q;+1/p-2. The first-order valence-electron chi connectivity index (χ1n) is 8.67. The van der Waals surface area contributed by atoms with E-state index in [1.54, 1.807) is 24.3 Å². The van der Waals surface area contributed by atoms with Gasteiger partial charge in [0.1, 0.15) is 31.7 Å². The molecule has 0 aliphatic rings. The monoisotopic (exact) mass is 479 g/mol. The van der Waals surface area contributed by atoms with Gasteiger partial charge in [0.15, 0.2) is 0 Å². The summed E-state index contributed by atoms with van der Waals surface area (Å²) in [4.78, 5) is -1.89. The summed E-state index contributed by atoms with van der Waals surface area (Å²) < 4.78 is 69.7. The molecule has 0 saturated heterocycles. The van der Waals surface area contributed by atoms with Gasteiger partial charge >= 0.3 is 29.6 Å². The van der Waals surface area contributed by atoms with Gasteiger partial charge in [-0.05, 0) is 35.0 Å². The number of hydrogen-bond acceptors (Lipinski definition) is 9. The Bertz CT molecular complexity index is 1600. The molecule has 32 heavy (non-hydrogen) atoms. The normalized spacial score (nSPS) is 12.3. The zero-order chi connectivity index (χ0) is 22.4. The third kappa shape index (κ3) is 4.69. The minimum atomic E-state index is -5.24. The number of hydrogen-bond donors (Lipinski definition) is 1. The topological polar surface area (TPSA) is 159 Å². The molecular formula is C20H12N2NaO7S2-. The van der Waals surface area contributed by atoms with Crippen molar-refractivity contribution in [3.63, 3.8) is 0 Å². The van der Waals surface area contributed by atoms with Gasteiger partial charge in [-0.3, -0.25) is 0 Å². The number of azo groups is 1. The molecular weight excluding hydrogens is 467 g/mol. The van der Waals surface area contributed by atoms with Crippen LogP contribution in [-0.2, 0) is 20.2 Å². The molecule has 158 valence electrons. The Morgan fingerprint density at radius 2 is 1.44 bits per heavy atom. The van der Waals surface area contributed by atoms with Crippen LogP contribution in [0.15, 0.2) is 86.7 Å². The third-order valence-electron chi connectivity index (χ3n) is 4.59. The first-order chi connectivity index (χ1) is 14.6. The molecule has 0 fully saturated rings. The molecule has 0 amide bonds. The molecule has 1 N–H and O–H groups in total. The number of rotatable bonds is 4. The number of phenols is 1. The van der Waals surface area contributed by atoms with E-state index in [0.717, 1.165) is 22.9 Å². The quantitative estimate of drug-likeness (QED) is 0.259. The maximum absolute atomic E-state index is 11.8. The van der Waals surface area contributed by atoms with E-state index in [9.17, 15) is 31.0 Å². The summed E-state index contributed by atoms with van der Waals surface area (Å²) in [7, 11) is -10.3. The maximum atomic E-state index is 11.8. The van der Waals surface area contributed by atoms with Gasteiger partial charge in [-0.15, -0.1) is 10.2 Å². The third-order valence-corrected chi connectivity index (χ3v) is 6.26. The molecule has 0 bridgehead atoms. The van der Waals surface area contributed by atoms with Crippen LogP contribution in [0, 0.1) is 0 Å². The molecule has 4 aromatic rings. The smallest absolute Gasteiger partial charge is 0.744 e. The second kappa shape index (κ2) is 8.87. The molecule has 0 aliphatic heterocycles. The van der Waals surface area contributed by atoms with Crippen molar-refractivity contribution >= 4 is 53.2 Å². The SMILES string of the molecule is O=S(=O)([O-])c1cc(S(=O)(=O)[O-])c2c(N=Nc3cccc4ccccc34)c(O)ccc2c1.[Na+]. The number of aromatic hydroxyl groups is 1. The number of phenolic OH excluding ortho intramolecular Hbond substituents is 1.